The molecular weight excluding hydrogens is 320 g/mol. The molecule has 0 aliphatic rings. The number of nitrogens with one attached hydrogen (secondary N) is 2. The number of amides is 1. The van der Waals surface area contributed by atoms with Crippen molar-refractivity contribution in [3.63, 3.8) is 0 Å². The maximum Gasteiger partial charge on any atom is 0.413 e. The minimum absolute atomic E-state index is 0.373. The van der Waals surface area contributed by atoms with Crippen LogP contribution in [0.4, 0.5) is 10.7 Å². The molecular formula is C18H22N4O3. The van der Waals surface area contributed by atoms with Gasteiger partial charge in [-0.2, -0.15) is 0 Å². The highest BCUT2D eigenvalue weighted by Gasteiger charge is 2.08. The predicted octanol–water partition coefficient (Wildman–Crippen LogP) is 3.18. The standard InChI is InChI=1S/C18H22N4O3/c1-22(2)11-14-8-7-13(25-14)6-4-12-5-9-15-16(10-12)20-17(19-15)21-18(23)24-3/h5,7-10H,4,6,11H2,1-3H3,(H2,19,20,21,23). The van der Waals surface area contributed by atoms with Crippen molar-refractivity contribution >= 4 is 23.1 Å². The lowest BCUT2D eigenvalue weighted by atomic mass is 10.1. The fraction of sp³-hybridized carbons (Fsp3) is 0.333. The summed E-state index contributed by atoms with van der Waals surface area (Å²) in [4.78, 5) is 20.7. The first-order valence-electron chi connectivity index (χ1n) is 8.09. The van der Waals surface area contributed by atoms with E-state index >= 15 is 0 Å². The minimum Gasteiger partial charge on any atom is -0.465 e. The molecule has 0 atom stereocenters. The second-order valence-corrected chi connectivity index (χ2v) is 6.16. The van der Waals surface area contributed by atoms with Gasteiger partial charge in [0.15, 0.2) is 0 Å². The minimum atomic E-state index is -0.550. The van der Waals surface area contributed by atoms with Gasteiger partial charge < -0.3 is 19.0 Å². The Kier molecular flexibility index (Phi) is 5.04. The molecule has 0 bridgehead atoms. The molecule has 0 aliphatic carbocycles. The van der Waals surface area contributed by atoms with Crippen LogP contribution in [0.1, 0.15) is 17.1 Å². The molecule has 2 N–H and O–H groups in total. The smallest absolute Gasteiger partial charge is 0.413 e. The van der Waals surface area contributed by atoms with Gasteiger partial charge >= 0.3 is 6.09 Å². The van der Waals surface area contributed by atoms with E-state index in [1.54, 1.807) is 0 Å². The monoisotopic (exact) mass is 342 g/mol. The van der Waals surface area contributed by atoms with Crippen LogP contribution in [-0.4, -0.2) is 42.2 Å². The van der Waals surface area contributed by atoms with Crippen LogP contribution in [0, 0.1) is 0 Å². The Labute approximate surface area is 146 Å². The molecule has 0 aliphatic heterocycles. The molecule has 1 aromatic carbocycles. The number of rotatable bonds is 6. The molecule has 3 rings (SSSR count). The number of H-pyrrole nitrogens is 1. The number of hydrogen-bond acceptors (Lipinski definition) is 5. The third kappa shape index (κ3) is 4.39. The van der Waals surface area contributed by atoms with Crippen LogP contribution < -0.4 is 5.32 Å². The second kappa shape index (κ2) is 7.40. The highest BCUT2D eigenvalue weighted by Crippen LogP contribution is 2.18. The van der Waals surface area contributed by atoms with Gasteiger partial charge in [0.05, 0.1) is 24.7 Å². The van der Waals surface area contributed by atoms with E-state index in [1.807, 2.05) is 44.4 Å². The van der Waals surface area contributed by atoms with E-state index < -0.39 is 6.09 Å². The maximum absolute atomic E-state index is 11.2. The van der Waals surface area contributed by atoms with Crippen molar-refractivity contribution in [1.82, 2.24) is 14.9 Å². The number of aromatic amines is 1. The number of fused-ring (bicyclic) bond motifs is 1. The average Bonchev–Trinajstić information content (AvgIpc) is 3.17. The molecule has 0 fully saturated rings. The number of methoxy groups -OCH3 is 1. The Hall–Kier alpha value is -2.80. The van der Waals surface area contributed by atoms with Gasteiger partial charge in [-0.1, -0.05) is 6.07 Å². The van der Waals surface area contributed by atoms with E-state index in [4.69, 9.17) is 4.42 Å². The Bertz CT molecular complexity index is 866. The van der Waals surface area contributed by atoms with Crippen LogP contribution in [0.2, 0.25) is 0 Å². The summed E-state index contributed by atoms with van der Waals surface area (Å²) in [6.45, 7) is 0.802. The van der Waals surface area contributed by atoms with Crippen LogP contribution in [0.3, 0.4) is 0 Å². The van der Waals surface area contributed by atoms with Gasteiger partial charge in [0.2, 0.25) is 5.95 Å². The number of aromatic nitrogens is 2. The summed E-state index contributed by atoms with van der Waals surface area (Å²) in [5.74, 6) is 2.33. The molecule has 0 saturated carbocycles. The summed E-state index contributed by atoms with van der Waals surface area (Å²) in [6.07, 6.45) is 1.15. The second-order valence-electron chi connectivity index (χ2n) is 6.16. The summed E-state index contributed by atoms with van der Waals surface area (Å²) in [6, 6.07) is 10.1. The zero-order chi connectivity index (χ0) is 17.8. The third-order valence-electron chi connectivity index (χ3n) is 3.80. The molecule has 2 aromatic heterocycles. The number of carbonyl (C=O) groups is 1. The van der Waals surface area contributed by atoms with Crippen molar-refractivity contribution in [2.24, 2.45) is 0 Å². The van der Waals surface area contributed by atoms with Gasteiger partial charge in [0.25, 0.3) is 0 Å². The van der Waals surface area contributed by atoms with Gasteiger partial charge in [-0.25, -0.2) is 9.78 Å². The lowest BCUT2D eigenvalue weighted by Gasteiger charge is -2.05. The van der Waals surface area contributed by atoms with E-state index in [1.165, 1.54) is 12.7 Å². The fourth-order valence-electron chi connectivity index (χ4n) is 2.64. The summed E-state index contributed by atoms with van der Waals surface area (Å²) >= 11 is 0. The summed E-state index contributed by atoms with van der Waals surface area (Å²) < 4.78 is 10.4. The first-order valence-corrected chi connectivity index (χ1v) is 8.09. The van der Waals surface area contributed by atoms with Crippen LogP contribution >= 0.6 is 0 Å². The number of aryl methyl sites for hydroxylation is 2. The van der Waals surface area contributed by atoms with Gasteiger partial charge in [-0.3, -0.25) is 5.32 Å². The molecule has 3 aromatic rings. The van der Waals surface area contributed by atoms with Crippen LogP contribution in [-0.2, 0) is 24.1 Å². The lowest BCUT2D eigenvalue weighted by Crippen LogP contribution is -2.11. The summed E-state index contributed by atoms with van der Waals surface area (Å²) in [7, 11) is 5.35. The Morgan fingerprint density at radius 2 is 2.04 bits per heavy atom. The Morgan fingerprint density at radius 3 is 2.80 bits per heavy atom. The molecule has 7 nitrogen and oxygen atoms in total. The van der Waals surface area contributed by atoms with Gasteiger partial charge in [0.1, 0.15) is 11.5 Å². The van der Waals surface area contributed by atoms with Gasteiger partial charge in [0, 0.05) is 6.42 Å². The molecule has 0 unspecified atom stereocenters. The third-order valence-corrected chi connectivity index (χ3v) is 3.80. The van der Waals surface area contributed by atoms with Gasteiger partial charge in [-0.05, 0) is 50.3 Å². The zero-order valence-electron chi connectivity index (χ0n) is 14.6. The van der Waals surface area contributed by atoms with Crippen molar-refractivity contribution in [1.29, 1.82) is 0 Å². The number of furan rings is 1. The number of ether oxygens (including phenoxy) is 1. The molecule has 1 amide bonds. The van der Waals surface area contributed by atoms with E-state index in [-0.39, 0.29) is 0 Å². The molecule has 2 heterocycles. The Balaban J connectivity index is 1.65. The van der Waals surface area contributed by atoms with E-state index in [9.17, 15) is 4.79 Å². The highest BCUT2D eigenvalue weighted by atomic mass is 16.5. The Morgan fingerprint density at radius 1 is 1.24 bits per heavy atom. The summed E-state index contributed by atoms with van der Waals surface area (Å²) in [5, 5.41) is 2.53. The molecule has 0 radical (unpaired) electrons. The SMILES string of the molecule is COC(=O)Nc1nc2ccc(CCc3ccc(CN(C)C)o3)cc2[nH]1. The maximum atomic E-state index is 11.2. The molecule has 132 valence electrons. The quantitative estimate of drug-likeness (QED) is 0.719. The van der Waals surface area contributed by atoms with Gasteiger partial charge in [-0.15, -0.1) is 0 Å². The van der Waals surface area contributed by atoms with E-state index in [0.29, 0.717) is 5.95 Å². The average molecular weight is 342 g/mol. The van der Waals surface area contributed by atoms with Crippen LogP contribution in [0.5, 0.6) is 0 Å². The number of imidazole rings is 1. The molecule has 0 saturated heterocycles. The first-order chi connectivity index (χ1) is 12.0. The predicted molar refractivity (Wildman–Crippen MR) is 95.6 cm³/mol. The molecule has 0 spiro atoms. The molecule has 25 heavy (non-hydrogen) atoms. The zero-order valence-corrected chi connectivity index (χ0v) is 14.6. The highest BCUT2D eigenvalue weighted by molar-refractivity contribution is 5.86. The number of hydrogen-bond donors (Lipinski definition) is 2. The van der Waals surface area contributed by atoms with Crippen molar-refractivity contribution in [2.45, 2.75) is 19.4 Å². The largest absolute Gasteiger partial charge is 0.465 e. The molecule has 7 heteroatoms. The fourth-order valence-corrected chi connectivity index (χ4v) is 2.64. The van der Waals surface area contributed by atoms with E-state index in [2.05, 4.69) is 24.9 Å². The van der Waals surface area contributed by atoms with Crippen molar-refractivity contribution < 1.29 is 13.9 Å². The van der Waals surface area contributed by atoms with E-state index in [0.717, 1.165) is 41.9 Å². The number of anilines is 1. The number of nitrogens with zero attached hydrogens (tertiary/aromatic N) is 2. The first kappa shape index (κ1) is 17.0. The van der Waals surface area contributed by atoms with Crippen molar-refractivity contribution in [3.8, 4) is 0 Å². The van der Waals surface area contributed by atoms with Crippen molar-refractivity contribution in [2.75, 3.05) is 26.5 Å². The summed E-state index contributed by atoms with van der Waals surface area (Å²) in [5.41, 5.74) is 2.84. The number of benzene rings is 1. The normalized spacial score (nSPS) is 11.2. The van der Waals surface area contributed by atoms with Crippen LogP contribution in [0.15, 0.2) is 34.7 Å². The van der Waals surface area contributed by atoms with Crippen LogP contribution in [0.25, 0.3) is 11.0 Å². The lowest BCUT2D eigenvalue weighted by molar-refractivity contribution is 0.186. The number of carbonyl (C=O) groups excluding carboxylic acids is 1. The van der Waals surface area contributed by atoms with Crippen molar-refractivity contribution in [3.05, 3.63) is 47.4 Å². The topological polar surface area (TPSA) is 83.4 Å².